The second-order valence-corrected chi connectivity index (χ2v) is 6.33. The fraction of sp³-hybridized carbons (Fsp3) is 0.368. The third-order valence-corrected chi connectivity index (χ3v) is 4.25. The molecule has 1 heterocycles. The molecule has 144 valence electrons. The molecule has 3 rings (SSSR count). The highest BCUT2D eigenvalue weighted by atomic mass is 16.6. The first-order chi connectivity index (χ1) is 13.0. The van der Waals surface area contributed by atoms with Gasteiger partial charge in [-0.25, -0.2) is 0 Å². The number of nitro groups is 1. The summed E-state index contributed by atoms with van der Waals surface area (Å²) >= 11 is 0. The molecule has 27 heavy (non-hydrogen) atoms. The quantitative estimate of drug-likeness (QED) is 0.539. The van der Waals surface area contributed by atoms with Crippen molar-refractivity contribution in [2.45, 2.75) is 25.2 Å². The Morgan fingerprint density at radius 1 is 1.26 bits per heavy atom. The van der Waals surface area contributed by atoms with Crippen LogP contribution in [0.2, 0.25) is 0 Å². The minimum absolute atomic E-state index is 0.00494. The number of rotatable bonds is 8. The van der Waals surface area contributed by atoms with Gasteiger partial charge in [0.15, 0.2) is 11.5 Å². The van der Waals surface area contributed by atoms with E-state index in [0.717, 1.165) is 5.75 Å². The van der Waals surface area contributed by atoms with Crippen LogP contribution in [0, 0.1) is 10.1 Å². The lowest BCUT2D eigenvalue weighted by atomic mass is 10.1. The van der Waals surface area contributed by atoms with E-state index >= 15 is 0 Å². The summed E-state index contributed by atoms with van der Waals surface area (Å²) in [5.74, 6) is 1.91. The number of benzene rings is 2. The lowest BCUT2D eigenvalue weighted by molar-refractivity contribution is -0.384. The number of nitro benzene ring substituents is 1. The number of hydrogen-bond acceptors (Lipinski definition) is 7. The summed E-state index contributed by atoms with van der Waals surface area (Å²) in [5, 5.41) is 23.9. The average molecular weight is 374 g/mol. The monoisotopic (exact) mass is 374 g/mol. The first kappa shape index (κ1) is 18.9. The van der Waals surface area contributed by atoms with Crippen LogP contribution in [0.25, 0.3) is 0 Å². The van der Waals surface area contributed by atoms with Crippen molar-refractivity contribution < 1.29 is 24.2 Å². The molecule has 8 nitrogen and oxygen atoms in total. The van der Waals surface area contributed by atoms with E-state index in [1.165, 1.54) is 24.3 Å². The van der Waals surface area contributed by atoms with Crippen molar-refractivity contribution in [1.82, 2.24) is 5.32 Å². The second kappa shape index (κ2) is 8.70. The van der Waals surface area contributed by atoms with Gasteiger partial charge in [0, 0.05) is 24.7 Å². The lowest BCUT2D eigenvalue weighted by Gasteiger charge is -2.31. The zero-order valence-electron chi connectivity index (χ0n) is 14.9. The van der Waals surface area contributed by atoms with E-state index in [0.29, 0.717) is 24.7 Å². The van der Waals surface area contributed by atoms with Crippen molar-refractivity contribution >= 4 is 5.69 Å². The molecule has 3 atom stereocenters. The van der Waals surface area contributed by atoms with E-state index < -0.39 is 11.0 Å². The van der Waals surface area contributed by atoms with E-state index in [1.807, 2.05) is 31.2 Å². The minimum Gasteiger partial charge on any atom is -0.491 e. The average Bonchev–Trinajstić information content (AvgIpc) is 2.70. The molecule has 0 saturated heterocycles. The molecule has 0 radical (unpaired) electrons. The highest BCUT2D eigenvalue weighted by molar-refractivity contribution is 5.40. The minimum atomic E-state index is -0.737. The summed E-state index contributed by atoms with van der Waals surface area (Å²) in [6, 6.07) is 13.2. The molecule has 3 unspecified atom stereocenters. The number of fused-ring (bicyclic) bond motifs is 1. The van der Waals surface area contributed by atoms with Crippen molar-refractivity contribution in [1.29, 1.82) is 0 Å². The number of nitrogens with one attached hydrogen (secondary N) is 1. The molecule has 8 heteroatoms. The van der Waals surface area contributed by atoms with Crippen LogP contribution >= 0.6 is 0 Å². The third kappa shape index (κ3) is 5.08. The molecule has 0 amide bonds. The van der Waals surface area contributed by atoms with E-state index in [-0.39, 0.29) is 24.4 Å². The van der Waals surface area contributed by atoms with Crippen molar-refractivity contribution in [2.75, 3.05) is 19.8 Å². The normalized spacial score (nSPS) is 17.8. The number of non-ortho nitro benzene ring substituents is 1. The second-order valence-electron chi connectivity index (χ2n) is 6.33. The maximum absolute atomic E-state index is 10.6. The molecule has 0 aromatic heterocycles. The van der Waals surface area contributed by atoms with Crippen molar-refractivity contribution in [3.8, 4) is 17.2 Å². The van der Waals surface area contributed by atoms with Gasteiger partial charge in [-0.3, -0.25) is 10.1 Å². The third-order valence-electron chi connectivity index (χ3n) is 4.25. The molecule has 2 aromatic carbocycles. The molecule has 0 spiro atoms. The van der Waals surface area contributed by atoms with E-state index in [1.54, 1.807) is 0 Å². The number of nitrogens with zero attached hydrogens (tertiary/aromatic N) is 1. The number of ether oxygens (including phenoxy) is 3. The van der Waals surface area contributed by atoms with Gasteiger partial charge in [-0.2, -0.15) is 0 Å². The Hall–Kier alpha value is -2.84. The number of aliphatic hydroxyl groups excluding tert-OH is 1. The van der Waals surface area contributed by atoms with Crippen LogP contribution in [-0.2, 0) is 0 Å². The van der Waals surface area contributed by atoms with E-state index in [2.05, 4.69) is 5.32 Å². The SMILES string of the molecule is CC(NCC(O)COc1ccc([N+](=O)[O-])cc1)C1COc2ccccc2O1. The van der Waals surface area contributed by atoms with Crippen LogP contribution in [0.1, 0.15) is 6.92 Å². The van der Waals surface area contributed by atoms with Crippen LogP contribution < -0.4 is 19.5 Å². The molecule has 0 bridgehead atoms. The molecule has 2 N–H and O–H groups in total. The van der Waals surface area contributed by atoms with E-state index in [9.17, 15) is 15.2 Å². The lowest BCUT2D eigenvalue weighted by Crippen LogP contribution is -2.48. The van der Waals surface area contributed by atoms with Crippen LogP contribution in [0.5, 0.6) is 17.2 Å². The van der Waals surface area contributed by atoms with Crippen LogP contribution in [0.15, 0.2) is 48.5 Å². The molecular formula is C19H22N2O6. The van der Waals surface area contributed by atoms with Gasteiger partial charge in [0.2, 0.25) is 0 Å². The predicted molar refractivity (Wildman–Crippen MR) is 98.4 cm³/mol. The van der Waals surface area contributed by atoms with Crippen LogP contribution in [0.3, 0.4) is 0 Å². The van der Waals surface area contributed by atoms with Gasteiger partial charge in [-0.05, 0) is 31.2 Å². The van der Waals surface area contributed by atoms with Crippen LogP contribution in [-0.4, -0.2) is 48.0 Å². The molecule has 2 aromatic rings. The fourth-order valence-corrected chi connectivity index (χ4v) is 2.65. The highest BCUT2D eigenvalue weighted by Gasteiger charge is 2.26. The largest absolute Gasteiger partial charge is 0.491 e. The Labute approximate surface area is 156 Å². The number of para-hydroxylation sites is 2. The Morgan fingerprint density at radius 3 is 2.67 bits per heavy atom. The highest BCUT2D eigenvalue weighted by Crippen LogP contribution is 2.31. The van der Waals surface area contributed by atoms with Gasteiger partial charge in [-0.15, -0.1) is 0 Å². The Bertz CT molecular complexity index is 767. The summed E-state index contributed by atoms with van der Waals surface area (Å²) in [4.78, 5) is 10.2. The molecule has 1 aliphatic rings. The molecular weight excluding hydrogens is 352 g/mol. The Morgan fingerprint density at radius 2 is 1.96 bits per heavy atom. The molecule has 0 fully saturated rings. The maximum Gasteiger partial charge on any atom is 0.269 e. The molecule has 1 aliphatic heterocycles. The summed E-state index contributed by atoms with van der Waals surface area (Å²) in [7, 11) is 0. The Kier molecular flexibility index (Phi) is 6.10. The van der Waals surface area contributed by atoms with Crippen molar-refractivity contribution in [3.63, 3.8) is 0 Å². The summed E-state index contributed by atoms with van der Waals surface area (Å²) in [6.07, 6.45) is -0.901. The standard InChI is InChI=1S/C19H22N2O6/c1-13(19-12-26-17-4-2-3-5-18(17)27-19)20-10-15(22)11-25-16-8-6-14(7-9-16)21(23)24/h2-9,13,15,19-20,22H,10-12H2,1H3. The van der Waals surface area contributed by atoms with Gasteiger partial charge >= 0.3 is 0 Å². The number of hydrogen-bond donors (Lipinski definition) is 2. The zero-order chi connectivity index (χ0) is 19.2. The van der Waals surface area contributed by atoms with Gasteiger partial charge in [-0.1, -0.05) is 12.1 Å². The molecule has 0 aliphatic carbocycles. The Balaban J connectivity index is 1.41. The predicted octanol–water partition coefficient (Wildman–Crippen LogP) is 2.15. The first-order valence-electron chi connectivity index (χ1n) is 8.70. The summed E-state index contributed by atoms with van der Waals surface area (Å²) in [5.41, 5.74) is -0.00494. The van der Waals surface area contributed by atoms with Gasteiger partial charge < -0.3 is 24.6 Å². The van der Waals surface area contributed by atoms with E-state index in [4.69, 9.17) is 14.2 Å². The van der Waals surface area contributed by atoms with Gasteiger partial charge in [0.1, 0.15) is 31.2 Å². The van der Waals surface area contributed by atoms with Gasteiger partial charge in [0.05, 0.1) is 4.92 Å². The van der Waals surface area contributed by atoms with Crippen LogP contribution in [0.4, 0.5) is 5.69 Å². The summed E-state index contributed by atoms with van der Waals surface area (Å²) in [6.45, 7) is 2.78. The summed E-state index contributed by atoms with van der Waals surface area (Å²) < 4.78 is 17.1. The zero-order valence-corrected chi connectivity index (χ0v) is 14.9. The van der Waals surface area contributed by atoms with Crippen molar-refractivity contribution in [3.05, 3.63) is 58.6 Å². The van der Waals surface area contributed by atoms with Gasteiger partial charge in [0.25, 0.3) is 5.69 Å². The maximum atomic E-state index is 10.6. The van der Waals surface area contributed by atoms with Crippen molar-refractivity contribution in [2.24, 2.45) is 0 Å². The molecule has 0 saturated carbocycles. The number of aliphatic hydroxyl groups is 1. The fourth-order valence-electron chi connectivity index (χ4n) is 2.65. The first-order valence-corrected chi connectivity index (χ1v) is 8.70. The smallest absolute Gasteiger partial charge is 0.269 e. The topological polar surface area (TPSA) is 103 Å².